The molecule has 0 atom stereocenters. The number of benzene rings is 1. The molecule has 84 valence electrons. The second-order valence-corrected chi connectivity index (χ2v) is 3.59. The fourth-order valence-electron chi connectivity index (χ4n) is 1.48. The largest absolute Gasteiger partial charge is 0.384 e. The van der Waals surface area contributed by atoms with Crippen LogP contribution in [0.4, 0.5) is 0 Å². The Balaban J connectivity index is 2.38. The Morgan fingerprint density at radius 1 is 1.18 bits per heavy atom. The van der Waals surface area contributed by atoms with Crippen molar-refractivity contribution in [2.75, 3.05) is 6.61 Å². The zero-order valence-corrected chi connectivity index (χ0v) is 9.51. The van der Waals surface area contributed by atoms with E-state index < -0.39 is 0 Å². The predicted molar refractivity (Wildman–Crippen MR) is 66.2 cm³/mol. The first-order chi connectivity index (χ1) is 8.31. The quantitative estimate of drug-likeness (QED) is 0.751. The summed E-state index contributed by atoms with van der Waals surface area (Å²) in [5.74, 6) is 5.34. The maximum Gasteiger partial charge on any atom is 0.138 e. The van der Waals surface area contributed by atoms with Crippen LogP contribution in [-0.4, -0.2) is 21.9 Å². The highest BCUT2D eigenvalue weighted by Gasteiger charge is 2.02. The van der Waals surface area contributed by atoms with Crippen LogP contribution in [0, 0.1) is 18.8 Å². The van der Waals surface area contributed by atoms with E-state index in [-0.39, 0.29) is 6.61 Å². The van der Waals surface area contributed by atoms with Gasteiger partial charge in [0, 0.05) is 5.56 Å². The van der Waals surface area contributed by atoms with E-state index in [1.807, 2.05) is 43.3 Å². The predicted octanol–water partition coefficient (Wildman–Crippen LogP) is 1.80. The molecule has 3 nitrogen and oxygen atoms in total. The summed E-state index contributed by atoms with van der Waals surface area (Å²) in [6.45, 7) is 1.77. The molecule has 0 saturated heterocycles. The molecule has 1 aromatic carbocycles. The summed E-state index contributed by atoms with van der Waals surface area (Å²) in [5, 5.41) is 16.8. The minimum atomic E-state index is -0.165. The summed E-state index contributed by atoms with van der Waals surface area (Å²) in [6, 6.07) is 11.8. The van der Waals surface area contributed by atoms with Crippen LogP contribution in [0.2, 0.25) is 0 Å². The molecule has 0 bridgehead atoms. The molecular weight excluding hydrogens is 212 g/mol. The summed E-state index contributed by atoms with van der Waals surface area (Å²) < 4.78 is 0. The van der Waals surface area contributed by atoms with Gasteiger partial charge in [-0.2, -0.15) is 0 Å². The lowest BCUT2D eigenvalue weighted by molar-refractivity contribution is 0.350. The molecule has 0 amide bonds. The van der Waals surface area contributed by atoms with Gasteiger partial charge in [0.05, 0.1) is 5.69 Å². The van der Waals surface area contributed by atoms with E-state index in [0.717, 1.165) is 16.8 Å². The average Bonchev–Trinajstić information content (AvgIpc) is 2.38. The van der Waals surface area contributed by atoms with E-state index >= 15 is 0 Å². The van der Waals surface area contributed by atoms with Gasteiger partial charge < -0.3 is 5.11 Å². The number of aromatic nitrogens is 2. The average molecular weight is 224 g/mol. The Morgan fingerprint density at radius 3 is 2.59 bits per heavy atom. The van der Waals surface area contributed by atoms with Crippen molar-refractivity contribution in [2.45, 2.75) is 6.92 Å². The first-order valence-corrected chi connectivity index (χ1v) is 5.31. The molecule has 2 aromatic rings. The zero-order valence-electron chi connectivity index (χ0n) is 9.51. The number of nitrogens with zero attached hydrogens (tertiary/aromatic N) is 2. The first-order valence-electron chi connectivity index (χ1n) is 5.31. The molecule has 0 aliphatic rings. The van der Waals surface area contributed by atoms with Crippen molar-refractivity contribution in [3.8, 4) is 23.1 Å². The van der Waals surface area contributed by atoms with Crippen molar-refractivity contribution < 1.29 is 5.11 Å². The van der Waals surface area contributed by atoms with Gasteiger partial charge in [0.25, 0.3) is 0 Å². The van der Waals surface area contributed by atoms with Gasteiger partial charge in [0.2, 0.25) is 0 Å². The van der Waals surface area contributed by atoms with E-state index in [2.05, 4.69) is 22.0 Å². The Kier molecular flexibility index (Phi) is 3.49. The second kappa shape index (κ2) is 5.24. The topological polar surface area (TPSA) is 46.0 Å². The van der Waals surface area contributed by atoms with E-state index in [1.54, 1.807) is 0 Å². The van der Waals surface area contributed by atoms with Crippen LogP contribution >= 0.6 is 0 Å². The lowest BCUT2D eigenvalue weighted by atomic mass is 10.1. The fraction of sp³-hybridized carbons (Fsp3) is 0.143. The van der Waals surface area contributed by atoms with Gasteiger partial charge in [-0.25, -0.2) is 0 Å². The molecular formula is C14H12N2O. The van der Waals surface area contributed by atoms with Gasteiger partial charge in [0.1, 0.15) is 12.3 Å². The molecule has 3 heteroatoms. The van der Waals surface area contributed by atoms with Gasteiger partial charge >= 0.3 is 0 Å². The van der Waals surface area contributed by atoms with E-state index in [1.165, 1.54) is 0 Å². The van der Waals surface area contributed by atoms with Crippen LogP contribution < -0.4 is 0 Å². The molecule has 0 radical (unpaired) electrons. The highest BCUT2D eigenvalue weighted by atomic mass is 16.2. The van der Waals surface area contributed by atoms with Crippen molar-refractivity contribution >= 4 is 0 Å². The van der Waals surface area contributed by atoms with Gasteiger partial charge in [0.15, 0.2) is 0 Å². The van der Waals surface area contributed by atoms with Crippen LogP contribution in [0.25, 0.3) is 11.3 Å². The van der Waals surface area contributed by atoms with Crippen LogP contribution in [0.15, 0.2) is 36.4 Å². The molecule has 17 heavy (non-hydrogen) atoms. The molecule has 2 rings (SSSR count). The van der Waals surface area contributed by atoms with Crippen LogP contribution in [0.5, 0.6) is 0 Å². The summed E-state index contributed by atoms with van der Waals surface area (Å²) in [7, 11) is 0. The monoisotopic (exact) mass is 224 g/mol. The van der Waals surface area contributed by atoms with Crippen LogP contribution in [0.1, 0.15) is 11.3 Å². The third-order valence-corrected chi connectivity index (χ3v) is 2.34. The summed E-state index contributed by atoms with van der Waals surface area (Å²) in [6.07, 6.45) is 0. The Labute approximate surface area is 100 Å². The first kappa shape index (κ1) is 11.3. The molecule has 0 fully saturated rings. The number of aliphatic hydroxyl groups excluding tert-OH is 1. The number of hydrogen-bond donors (Lipinski definition) is 1. The van der Waals surface area contributed by atoms with E-state index in [4.69, 9.17) is 5.11 Å². The number of rotatable bonds is 1. The van der Waals surface area contributed by atoms with Crippen LogP contribution in [0.3, 0.4) is 0 Å². The summed E-state index contributed by atoms with van der Waals surface area (Å²) in [5.41, 5.74) is 3.43. The smallest absolute Gasteiger partial charge is 0.138 e. The van der Waals surface area contributed by atoms with Crippen molar-refractivity contribution in [1.29, 1.82) is 0 Å². The Bertz CT molecular complexity index is 568. The highest BCUT2D eigenvalue weighted by Crippen LogP contribution is 2.17. The SMILES string of the molecule is Cc1cc(-c2ccccc2)nnc1C#CCO. The standard InChI is InChI=1S/C14H12N2O/c1-11-10-14(12-6-3-2-4-7-12)16-15-13(11)8-5-9-17/h2-4,6-7,10,17H,9H2,1H3. The molecule has 0 unspecified atom stereocenters. The summed E-state index contributed by atoms with van der Waals surface area (Å²) in [4.78, 5) is 0. The lowest BCUT2D eigenvalue weighted by Crippen LogP contribution is -1.95. The number of aryl methyl sites for hydroxylation is 1. The summed E-state index contributed by atoms with van der Waals surface area (Å²) >= 11 is 0. The molecule has 1 N–H and O–H groups in total. The maximum absolute atomic E-state index is 8.63. The molecule has 0 aliphatic heterocycles. The Morgan fingerprint density at radius 2 is 1.94 bits per heavy atom. The van der Waals surface area contributed by atoms with Gasteiger partial charge in [-0.1, -0.05) is 36.3 Å². The molecule has 0 spiro atoms. The minimum absolute atomic E-state index is 0.165. The van der Waals surface area contributed by atoms with Crippen molar-refractivity contribution in [1.82, 2.24) is 10.2 Å². The normalized spacial score (nSPS) is 9.53. The highest BCUT2D eigenvalue weighted by molar-refractivity contribution is 5.59. The van der Waals surface area contributed by atoms with Gasteiger partial charge in [-0.3, -0.25) is 0 Å². The van der Waals surface area contributed by atoms with Crippen molar-refractivity contribution in [3.05, 3.63) is 47.7 Å². The number of hydrogen-bond acceptors (Lipinski definition) is 3. The Hall–Kier alpha value is -2.18. The minimum Gasteiger partial charge on any atom is -0.384 e. The second-order valence-electron chi connectivity index (χ2n) is 3.59. The van der Waals surface area contributed by atoms with Crippen molar-refractivity contribution in [2.24, 2.45) is 0 Å². The molecule has 0 aliphatic carbocycles. The van der Waals surface area contributed by atoms with Gasteiger partial charge in [-0.05, 0) is 24.5 Å². The van der Waals surface area contributed by atoms with Crippen LogP contribution in [-0.2, 0) is 0 Å². The third-order valence-electron chi connectivity index (χ3n) is 2.34. The molecule has 1 aromatic heterocycles. The van der Waals surface area contributed by atoms with E-state index in [0.29, 0.717) is 5.69 Å². The van der Waals surface area contributed by atoms with Crippen molar-refractivity contribution in [3.63, 3.8) is 0 Å². The third kappa shape index (κ3) is 2.68. The maximum atomic E-state index is 8.63. The lowest BCUT2D eigenvalue weighted by Gasteiger charge is -2.02. The van der Waals surface area contributed by atoms with Gasteiger partial charge in [-0.15, -0.1) is 10.2 Å². The molecule has 0 saturated carbocycles. The number of aliphatic hydroxyl groups is 1. The molecule has 1 heterocycles. The zero-order chi connectivity index (χ0) is 12.1. The fourth-order valence-corrected chi connectivity index (χ4v) is 1.48. The van der Waals surface area contributed by atoms with E-state index in [9.17, 15) is 0 Å².